The molecule has 0 amide bonds. The van der Waals surface area contributed by atoms with Gasteiger partial charge in [-0.15, -0.1) is 0 Å². The number of ether oxygens (including phenoxy) is 2. The highest BCUT2D eigenvalue weighted by molar-refractivity contribution is 5.56. The van der Waals surface area contributed by atoms with E-state index < -0.39 is 5.82 Å². The Morgan fingerprint density at radius 1 is 1.25 bits per heavy atom. The number of anilines is 1. The number of nitrogen functional groups attached to an aromatic ring is 1. The number of nitriles is 1. The molecule has 0 spiro atoms. The third-order valence-electron chi connectivity index (χ3n) is 2.79. The summed E-state index contributed by atoms with van der Waals surface area (Å²) in [5.74, 6) is 0.118. The zero-order valence-electron chi connectivity index (χ0n) is 10.9. The molecule has 2 rings (SSSR count). The first-order valence-electron chi connectivity index (χ1n) is 5.89. The van der Waals surface area contributed by atoms with E-state index in [2.05, 4.69) is 0 Å². The maximum atomic E-state index is 13.9. The lowest BCUT2D eigenvalue weighted by atomic mass is 10.2. The largest absolute Gasteiger partial charge is 0.494 e. The normalized spacial score (nSPS) is 9.85. The average molecular weight is 272 g/mol. The van der Waals surface area contributed by atoms with Gasteiger partial charge < -0.3 is 15.2 Å². The van der Waals surface area contributed by atoms with Crippen LogP contribution in [0.15, 0.2) is 36.4 Å². The molecule has 0 atom stereocenters. The Morgan fingerprint density at radius 2 is 2.05 bits per heavy atom. The molecule has 0 aromatic heterocycles. The van der Waals surface area contributed by atoms with Crippen molar-refractivity contribution in [2.24, 2.45) is 0 Å². The van der Waals surface area contributed by atoms with Crippen LogP contribution in [0.25, 0.3) is 0 Å². The van der Waals surface area contributed by atoms with Gasteiger partial charge in [0.2, 0.25) is 0 Å². The fourth-order valence-electron chi connectivity index (χ4n) is 1.73. The predicted octanol–water partition coefficient (Wildman–Crippen LogP) is 2.87. The summed E-state index contributed by atoms with van der Waals surface area (Å²) in [6.07, 6.45) is 0. The van der Waals surface area contributed by atoms with Crippen LogP contribution in [-0.2, 0) is 6.61 Å². The zero-order valence-corrected chi connectivity index (χ0v) is 10.9. The molecular weight excluding hydrogens is 259 g/mol. The summed E-state index contributed by atoms with van der Waals surface area (Å²) in [6, 6.07) is 11.5. The smallest absolute Gasteiger partial charge is 0.171 e. The SMILES string of the molecule is COc1cccc(COc2ccc(C#N)cc2N)c1F. The van der Waals surface area contributed by atoms with Gasteiger partial charge in [0.15, 0.2) is 11.6 Å². The second-order valence-corrected chi connectivity index (χ2v) is 4.09. The van der Waals surface area contributed by atoms with Crippen LogP contribution < -0.4 is 15.2 Å². The molecule has 20 heavy (non-hydrogen) atoms. The number of nitrogens with zero attached hydrogens (tertiary/aromatic N) is 1. The third-order valence-corrected chi connectivity index (χ3v) is 2.79. The van der Waals surface area contributed by atoms with Crippen LogP contribution in [0.3, 0.4) is 0 Å². The van der Waals surface area contributed by atoms with Gasteiger partial charge in [0, 0.05) is 5.56 Å². The van der Waals surface area contributed by atoms with Crippen LogP contribution in [0.4, 0.5) is 10.1 Å². The highest BCUT2D eigenvalue weighted by atomic mass is 19.1. The molecule has 2 N–H and O–H groups in total. The van der Waals surface area contributed by atoms with Crippen molar-refractivity contribution < 1.29 is 13.9 Å². The molecule has 102 valence electrons. The zero-order chi connectivity index (χ0) is 14.5. The van der Waals surface area contributed by atoms with Gasteiger partial charge in [-0.05, 0) is 24.3 Å². The summed E-state index contributed by atoms with van der Waals surface area (Å²) in [6.45, 7) is 0.0269. The monoisotopic (exact) mass is 272 g/mol. The summed E-state index contributed by atoms with van der Waals surface area (Å²) in [7, 11) is 1.40. The second-order valence-electron chi connectivity index (χ2n) is 4.09. The van der Waals surface area contributed by atoms with E-state index in [9.17, 15) is 4.39 Å². The van der Waals surface area contributed by atoms with Gasteiger partial charge in [-0.3, -0.25) is 0 Å². The van der Waals surface area contributed by atoms with Crippen molar-refractivity contribution in [1.29, 1.82) is 5.26 Å². The van der Waals surface area contributed by atoms with Crippen LogP contribution in [0.1, 0.15) is 11.1 Å². The fraction of sp³-hybridized carbons (Fsp3) is 0.133. The molecular formula is C15H13FN2O2. The first kappa shape index (κ1) is 13.7. The molecule has 0 heterocycles. The highest BCUT2D eigenvalue weighted by Crippen LogP contribution is 2.25. The Morgan fingerprint density at radius 3 is 2.70 bits per heavy atom. The number of benzene rings is 2. The number of methoxy groups -OCH3 is 1. The van der Waals surface area contributed by atoms with Gasteiger partial charge in [0.1, 0.15) is 12.4 Å². The van der Waals surface area contributed by atoms with Crippen LogP contribution in [-0.4, -0.2) is 7.11 Å². The van der Waals surface area contributed by atoms with Crippen LogP contribution in [0, 0.1) is 17.1 Å². The molecule has 5 heteroatoms. The Balaban J connectivity index is 2.15. The quantitative estimate of drug-likeness (QED) is 0.869. The van der Waals surface area contributed by atoms with Crippen molar-refractivity contribution in [3.63, 3.8) is 0 Å². The van der Waals surface area contributed by atoms with Crippen molar-refractivity contribution in [1.82, 2.24) is 0 Å². The van der Waals surface area contributed by atoms with E-state index in [1.807, 2.05) is 6.07 Å². The molecule has 0 fully saturated rings. The Kier molecular flexibility index (Phi) is 4.06. The topological polar surface area (TPSA) is 68.3 Å². The number of rotatable bonds is 4. The van der Waals surface area contributed by atoms with Crippen LogP contribution >= 0.6 is 0 Å². The third kappa shape index (κ3) is 2.81. The van der Waals surface area contributed by atoms with Crippen molar-refractivity contribution in [2.75, 3.05) is 12.8 Å². The van der Waals surface area contributed by atoms with E-state index in [0.29, 0.717) is 22.6 Å². The first-order chi connectivity index (χ1) is 9.65. The lowest BCUT2D eigenvalue weighted by Gasteiger charge is -2.11. The van der Waals surface area contributed by atoms with E-state index in [-0.39, 0.29) is 12.4 Å². The molecule has 0 radical (unpaired) electrons. The van der Waals surface area contributed by atoms with Gasteiger partial charge in [0.05, 0.1) is 24.4 Å². The van der Waals surface area contributed by atoms with Gasteiger partial charge in [0.25, 0.3) is 0 Å². The summed E-state index contributed by atoms with van der Waals surface area (Å²) in [5, 5.41) is 8.75. The Hall–Kier alpha value is -2.74. The number of hydrogen-bond acceptors (Lipinski definition) is 4. The Labute approximate surface area is 116 Å². The van der Waals surface area contributed by atoms with Gasteiger partial charge >= 0.3 is 0 Å². The lowest BCUT2D eigenvalue weighted by Crippen LogP contribution is -2.02. The van der Waals surface area contributed by atoms with Crippen molar-refractivity contribution in [3.05, 3.63) is 53.3 Å². The van der Waals surface area contributed by atoms with Gasteiger partial charge in [-0.25, -0.2) is 4.39 Å². The molecule has 2 aromatic carbocycles. The first-order valence-corrected chi connectivity index (χ1v) is 5.89. The van der Waals surface area contributed by atoms with Crippen LogP contribution in [0.2, 0.25) is 0 Å². The average Bonchev–Trinajstić information content (AvgIpc) is 2.47. The van der Waals surface area contributed by atoms with Crippen molar-refractivity contribution >= 4 is 5.69 Å². The summed E-state index contributed by atoms with van der Waals surface area (Å²) < 4.78 is 24.3. The molecule has 0 aliphatic carbocycles. The molecule has 0 saturated heterocycles. The number of nitrogens with two attached hydrogens (primary N) is 1. The minimum atomic E-state index is -0.456. The molecule has 2 aromatic rings. The van der Waals surface area contributed by atoms with Gasteiger partial charge in [-0.1, -0.05) is 12.1 Å². The highest BCUT2D eigenvalue weighted by Gasteiger charge is 2.09. The summed E-state index contributed by atoms with van der Waals surface area (Å²) in [4.78, 5) is 0. The van der Waals surface area contributed by atoms with E-state index in [1.54, 1.807) is 24.3 Å². The molecule has 4 nitrogen and oxygen atoms in total. The molecule has 0 saturated carbocycles. The Bertz CT molecular complexity index is 665. The van der Waals surface area contributed by atoms with Crippen molar-refractivity contribution in [3.8, 4) is 17.6 Å². The van der Waals surface area contributed by atoms with Gasteiger partial charge in [-0.2, -0.15) is 5.26 Å². The van der Waals surface area contributed by atoms with Crippen LogP contribution in [0.5, 0.6) is 11.5 Å². The van der Waals surface area contributed by atoms with E-state index >= 15 is 0 Å². The van der Waals surface area contributed by atoms with E-state index in [4.69, 9.17) is 20.5 Å². The fourth-order valence-corrected chi connectivity index (χ4v) is 1.73. The van der Waals surface area contributed by atoms with E-state index in [0.717, 1.165) is 0 Å². The summed E-state index contributed by atoms with van der Waals surface area (Å²) in [5.41, 5.74) is 6.92. The standard InChI is InChI=1S/C15H13FN2O2/c1-19-14-4-2-3-11(15(14)16)9-20-13-6-5-10(8-17)7-12(13)18/h2-7H,9,18H2,1H3. The molecule has 0 aliphatic heterocycles. The maximum absolute atomic E-state index is 13.9. The molecule has 0 bridgehead atoms. The molecule has 0 aliphatic rings. The second kappa shape index (κ2) is 5.93. The summed E-state index contributed by atoms with van der Waals surface area (Å²) >= 11 is 0. The number of halogens is 1. The maximum Gasteiger partial charge on any atom is 0.171 e. The minimum absolute atomic E-state index is 0.0269. The van der Waals surface area contributed by atoms with E-state index in [1.165, 1.54) is 19.2 Å². The molecule has 0 unspecified atom stereocenters. The minimum Gasteiger partial charge on any atom is -0.494 e. The lowest BCUT2D eigenvalue weighted by molar-refractivity contribution is 0.297. The van der Waals surface area contributed by atoms with Crippen molar-refractivity contribution in [2.45, 2.75) is 6.61 Å². The predicted molar refractivity (Wildman–Crippen MR) is 72.9 cm³/mol. The number of hydrogen-bond donors (Lipinski definition) is 1.